The molecule has 1 N–H and O–H groups in total. The van der Waals surface area contributed by atoms with E-state index in [2.05, 4.69) is 48.4 Å². The molecule has 6 heteroatoms. The number of amides is 1. The van der Waals surface area contributed by atoms with Gasteiger partial charge in [-0.05, 0) is 37.5 Å². The van der Waals surface area contributed by atoms with Gasteiger partial charge in [-0.2, -0.15) is 0 Å². The number of rotatable bonds is 6. The summed E-state index contributed by atoms with van der Waals surface area (Å²) in [5.74, 6) is -0.0409. The maximum absolute atomic E-state index is 12.9. The van der Waals surface area contributed by atoms with Crippen LogP contribution in [-0.4, -0.2) is 21.1 Å². The van der Waals surface area contributed by atoms with Gasteiger partial charge < -0.3 is 5.32 Å². The van der Waals surface area contributed by atoms with Gasteiger partial charge in [0.2, 0.25) is 5.91 Å². The number of carbonyl (C=O) groups is 1. The van der Waals surface area contributed by atoms with Gasteiger partial charge in [-0.1, -0.05) is 67.2 Å². The highest BCUT2D eigenvalue weighted by atomic mass is 32.2. The third-order valence-corrected chi connectivity index (χ3v) is 6.99. The lowest BCUT2D eigenvalue weighted by Gasteiger charge is -2.14. The van der Waals surface area contributed by atoms with Crippen LogP contribution in [0.25, 0.3) is 22.2 Å². The summed E-state index contributed by atoms with van der Waals surface area (Å²) in [7, 11) is 0. The topological polar surface area (TPSA) is 54.9 Å². The molecule has 4 rings (SSSR count). The molecule has 0 saturated heterocycles. The quantitative estimate of drug-likeness (QED) is 0.353. The fourth-order valence-corrected chi connectivity index (χ4v) is 5.05. The van der Waals surface area contributed by atoms with E-state index >= 15 is 0 Å². The average molecular weight is 434 g/mol. The van der Waals surface area contributed by atoms with Crippen molar-refractivity contribution in [1.29, 1.82) is 0 Å². The summed E-state index contributed by atoms with van der Waals surface area (Å²) < 4.78 is 0. The molecule has 0 saturated carbocycles. The Morgan fingerprint density at radius 3 is 2.63 bits per heavy atom. The summed E-state index contributed by atoms with van der Waals surface area (Å²) in [6, 6.07) is 18.3. The molecule has 30 heavy (non-hydrogen) atoms. The lowest BCUT2D eigenvalue weighted by molar-refractivity contribution is -0.115. The van der Waals surface area contributed by atoms with E-state index in [1.165, 1.54) is 28.7 Å². The van der Waals surface area contributed by atoms with Crippen molar-refractivity contribution in [2.45, 2.75) is 37.5 Å². The second-order valence-electron chi connectivity index (χ2n) is 7.16. The number of pyridine rings is 1. The van der Waals surface area contributed by atoms with Crippen LogP contribution < -0.4 is 5.32 Å². The van der Waals surface area contributed by atoms with Crippen LogP contribution in [-0.2, 0) is 4.79 Å². The van der Waals surface area contributed by atoms with Crippen molar-refractivity contribution in [2.75, 3.05) is 5.32 Å². The number of aromatic nitrogens is 2. The summed E-state index contributed by atoms with van der Waals surface area (Å²) in [5, 5.41) is 7.38. The highest BCUT2D eigenvalue weighted by Crippen LogP contribution is 2.31. The summed E-state index contributed by atoms with van der Waals surface area (Å²) in [6.07, 6.45) is 0.708. The van der Waals surface area contributed by atoms with Crippen molar-refractivity contribution in [3.05, 3.63) is 71.1 Å². The molecule has 0 radical (unpaired) electrons. The number of nitrogens with zero attached hydrogens (tertiary/aromatic N) is 2. The van der Waals surface area contributed by atoms with Crippen LogP contribution in [0.4, 0.5) is 5.13 Å². The molecule has 0 aliphatic carbocycles. The molecule has 1 atom stereocenters. The van der Waals surface area contributed by atoms with Gasteiger partial charge in [-0.15, -0.1) is 11.3 Å². The van der Waals surface area contributed by atoms with Gasteiger partial charge in [-0.3, -0.25) is 4.79 Å². The molecule has 0 fully saturated rings. The maximum atomic E-state index is 12.9. The molecule has 0 spiro atoms. The summed E-state index contributed by atoms with van der Waals surface area (Å²) >= 11 is 2.96. The van der Waals surface area contributed by atoms with Crippen molar-refractivity contribution in [3.63, 3.8) is 0 Å². The Hall–Kier alpha value is -2.70. The van der Waals surface area contributed by atoms with Gasteiger partial charge >= 0.3 is 0 Å². The van der Waals surface area contributed by atoms with E-state index in [-0.39, 0.29) is 11.2 Å². The molecule has 1 amide bonds. The molecule has 2 aromatic carbocycles. The summed E-state index contributed by atoms with van der Waals surface area (Å²) in [4.78, 5) is 22.3. The Kier molecular flexibility index (Phi) is 6.16. The molecule has 0 bridgehead atoms. The van der Waals surface area contributed by atoms with Crippen molar-refractivity contribution in [2.24, 2.45) is 0 Å². The molecule has 0 aliphatic rings. The number of hydrogen-bond donors (Lipinski definition) is 1. The van der Waals surface area contributed by atoms with Crippen LogP contribution in [0.2, 0.25) is 0 Å². The Morgan fingerprint density at radius 2 is 1.87 bits per heavy atom. The van der Waals surface area contributed by atoms with Crippen molar-refractivity contribution >= 4 is 45.0 Å². The Bertz CT molecular complexity index is 1190. The van der Waals surface area contributed by atoms with Crippen LogP contribution in [0.5, 0.6) is 0 Å². The molecule has 0 aliphatic heterocycles. The third-order valence-electron chi connectivity index (χ3n) is 4.95. The molecular formula is C24H23N3OS2. The van der Waals surface area contributed by atoms with E-state index in [0.29, 0.717) is 11.6 Å². The minimum Gasteiger partial charge on any atom is -0.301 e. The van der Waals surface area contributed by atoms with Crippen molar-refractivity contribution in [3.8, 4) is 11.3 Å². The number of carbonyl (C=O) groups excluding carboxylic acids is 1. The van der Waals surface area contributed by atoms with Crippen LogP contribution in [0, 0.1) is 13.8 Å². The lowest BCUT2D eigenvalue weighted by Crippen LogP contribution is -2.24. The molecule has 2 heterocycles. The van der Waals surface area contributed by atoms with Crippen LogP contribution in [0.15, 0.2) is 65.0 Å². The number of fused-ring (bicyclic) bond motifs is 1. The second kappa shape index (κ2) is 8.98. The largest absolute Gasteiger partial charge is 0.301 e. The fraction of sp³-hybridized carbons (Fsp3) is 0.208. The summed E-state index contributed by atoms with van der Waals surface area (Å²) in [6.45, 7) is 6.18. The molecule has 4 aromatic rings. The van der Waals surface area contributed by atoms with E-state index in [0.717, 1.165) is 32.7 Å². The molecule has 4 nitrogen and oxygen atoms in total. The van der Waals surface area contributed by atoms with Crippen molar-refractivity contribution in [1.82, 2.24) is 9.97 Å². The lowest BCUT2D eigenvalue weighted by atomic mass is 10.1. The highest BCUT2D eigenvalue weighted by Gasteiger charge is 2.21. The fourth-order valence-electron chi connectivity index (χ4n) is 3.32. The summed E-state index contributed by atoms with van der Waals surface area (Å²) in [5.41, 5.74) is 5.24. The van der Waals surface area contributed by atoms with Crippen molar-refractivity contribution < 1.29 is 4.79 Å². The number of para-hydroxylation sites is 1. The Morgan fingerprint density at radius 1 is 1.07 bits per heavy atom. The zero-order valence-corrected chi connectivity index (χ0v) is 18.8. The smallest absolute Gasteiger partial charge is 0.239 e. The number of benzene rings is 2. The minimum absolute atomic E-state index is 0.0409. The number of nitrogens with one attached hydrogen (secondary N) is 1. The van der Waals surface area contributed by atoms with E-state index in [9.17, 15) is 4.79 Å². The molecule has 152 valence electrons. The number of hydrogen-bond acceptors (Lipinski definition) is 5. The predicted octanol–water partition coefficient (Wildman–Crippen LogP) is 6.48. The number of aryl methyl sites for hydroxylation is 2. The van der Waals surface area contributed by atoms with E-state index in [1.54, 1.807) is 0 Å². The first-order valence-corrected chi connectivity index (χ1v) is 11.7. The van der Waals surface area contributed by atoms with Gasteiger partial charge in [0, 0.05) is 16.3 Å². The first-order chi connectivity index (χ1) is 14.5. The monoisotopic (exact) mass is 433 g/mol. The SMILES string of the molecule is CCC(Sc1cc(C)c2cccc(C)c2n1)C(=O)Nc1nc(-c2ccccc2)cs1. The third kappa shape index (κ3) is 4.40. The van der Waals surface area contributed by atoms with Crippen LogP contribution in [0.1, 0.15) is 24.5 Å². The predicted molar refractivity (Wildman–Crippen MR) is 127 cm³/mol. The van der Waals surface area contributed by atoms with E-state index < -0.39 is 0 Å². The van der Waals surface area contributed by atoms with Gasteiger partial charge in [0.05, 0.1) is 21.5 Å². The average Bonchev–Trinajstić information content (AvgIpc) is 3.22. The maximum Gasteiger partial charge on any atom is 0.239 e. The first kappa shape index (κ1) is 20.6. The van der Waals surface area contributed by atoms with Gasteiger partial charge in [0.1, 0.15) is 0 Å². The second-order valence-corrected chi connectivity index (χ2v) is 9.24. The van der Waals surface area contributed by atoms with E-state index in [1.807, 2.05) is 42.6 Å². The van der Waals surface area contributed by atoms with Crippen LogP contribution >= 0.6 is 23.1 Å². The first-order valence-electron chi connectivity index (χ1n) is 9.90. The van der Waals surface area contributed by atoms with E-state index in [4.69, 9.17) is 4.98 Å². The zero-order chi connectivity index (χ0) is 21.1. The molecular weight excluding hydrogens is 410 g/mol. The standard InChI is InChI=1S/C24H23N3OS2/c1-4-20(30-21-13-16(3)18-12-8-9-15(2)22(18)26-21)23(28)27-24-25-19(14-29-24)17-10-6-5-7-11-17/h5-14,20H,4H2,1-3H3,(H,25,27,28). The van der Waals surface area contributed by atoms with Gasteiger partial charge in [-0.25, -0.2) is 9.97 Å². The highest BCUT2D eigenvalue weighted by molar-refractivity contribution is 8.00. The molecule has 2 aromatic heterocycles. The number of anilines is 1. The number of thiazole rings is 1. The van der Waals surface area contributed by atoms with Gasteiger partial charge in [0.15, 0.2) is 5.13 Å². The van der Waals surface area contributed by atoms with Gasteiger partial charge in [0.25, 0.3) is 0 Å². The normalized spacial score (nSPS) is 12.1. The Labute approximate surface area is 184 Å². The Balaban J connectivity index is 1.51. The molecule has 1 unspecified atom stereocenters. The minimum atomic E-state index is -0.234. The zero-order valence-electron chi connectivity index (χ0n) is 17.2. The van der Waals surface area contributed by atoms with Crippen LogP contribution in [0.3, 0.4) is 0 Å². The number of thioether (sulfide) groups is 1.